The summed E-state index contributed by atoms with van der Waals surface area (Å²) < 4.78 is 4.83. The smallest absolute Gasteiger partial charge is 0.323 e. The monoisotopic (exact) mass is 173 g/mol. The molecule has 1 unspecified atom stereocenters. The van der Waals surface area contributed by atoms with Gasteiger partial charge in [0.05, 0.1) is 6.61 Å². The lowest BCUT2D eigenvalue weighted by atomic mass is 10.0. The summed E-state index contributed by atoms with van der Waals surface area (Å²) in [5.74, 6) is -0.160. The molecule has 0 aromatic heterocycles. The Morgan fingerprint density at radius 2 is 2.33 bits per heavy atom. The average molecular weight is 173 g/mol. The third kappa shape index (κ3) is 1.95. The zero-order valence-electron chi connectivity index (χ0n) is 7.49. The zero-order chi connectivity index (χ0) is 9.14. The van der Waals surface area contributed by atoms with E-state index in [0.717, 1.165) is 13.1 Å². The number of carboxylic acid groups (broad SMARTS) is 1. The maximum Gasteiger partial charge on any atom is 0.323 e. The standard InChI is InChI=1S/C8H15NO3/c1-6-3-9(4-6)7(5-12-2)8(10)11/h6-7H,3-5H2,1-2H3,(H,10,11). The van der Waals surface area contributed by atoms with Crippen LogP contribution in [0.15, 0.2) is 0 Å². The predicted octanol–water partition coefficient (Wildman–Crippen LogP) is 0.0377. The van der Waals surface area contributed by atoms with Crippen molar-refractivity contribution in [2.45, 2.75) is 13.0 Å². The number of carbonyl (C=O) groups is 1. The fraction of sp³-hybridized carbons (Fsp3) is 0.875. The van der Waals surface area contributed by atoms with Crippen LogP contribution in [0.1, 0.15) is 6.92 Å². The summed E-state index contributed by atoms with van der Waals surface area (Å²) in [5, 5.41) is 8.80. The summed E-state index contributed by atoms with van der Waals surface area (Å²) in [6.45, 7) is 4.14. The van der Waals surface area contributed by atoms with Gasteiger partial charge in [0.25, 0.3) is 0 Å². The van der Waals surface area contributed by atoms with E-state index >= 15 is 0 Å². The predicted molar refractivity (Wildman–Crippen MR) is 44.0 cm³/mol. The molecule has 0 saturated carbocycles. The van der Waals surface area contributed by atoms with Gasteiger partial charge in [-0.2, -0.15) is 0 Å². The van der Waals surface area contributed by atoms with Crippen molar-refractivity contribution in [2.75, 3.05) is 26.8 Å². The van der Waals surface area contributed by atoms with E-state index in [-0.39, 0.29) is 6.61 Å². The van der Waals surface area contributed by atoms with Crippen molar-refractivity contribution >= 4 is 5.97 Å². The highest BCUT2D eigenvalue weighted by Crippen LogP contribution is 2.17. The van der Waals surface area contributed by atoms with E-state index in [9.17, 15) is 4.79 Å². The highest BCUT2D eigenvalue weighted by molar-refractivity contribution is 5.73. The molecule has 1 heterocycles. The lowest BCUT2D eigenvalue weighted by Gasteiger charge is -2.40. The molecule has 1 aliphatic heterocycles. The molecule has 12 heavy (non-hydrogen) atoms. The van der Waals surface area contributed by atoms with Gasteiger partial charge in [-0.25, -0.2) is 0 Å². The Kier molecular flexibility index (Phi) is 3.05. The first kappa shape index (κ1) is 9.48. The minimum absolute atomic E-state index is 0.280. The molecule has 1 N–H and O–H groups in total. The van der Waals surface area contributed by atoms with Crippen LogP contribution < -0.4 is 0 Å². The van der Waals surface area contributed by atoms with E-state index < -0.39 is 12.0 Å². The van der Waals surface area contributed by atoms with Crippen LogP contribution in [0.5, 0.6) is 0 Å². The molecule has 70 valence electrons. The Morgan fingerprint density at radius 1 is 1.75 bits per heavy atom. The van der Waals surface area contributed by atoms with Crippen molar-refractivity contribution in [3.8, 4) is 0 Å². The molecule has 0 bridgehead atoms. The average Bonchev–Trinajstić information content (AvgIpc) is 1.94. The molecule has 1 fully saturated rings. The van der Waals surface area contributed by atoms with E-state index in [4.69, 9.17) is 9.84 Å². The first-order chi connectivity index (χ1) is 5.65. The molecular weight excluding hydrogens is 158 g/mol. The lowest BCUT2D eigenvalue weighted by molar-refractivity contribution is -0.148. The summed E-state index contributed by atoms with van der Waals surface area (Å²) in [6, 6.07) is -0.453. The number of carboxylic acids is 1. The van der Waals surface area contributed by atoms with Crippen molar-refractivity contribution in [2.24, 2.45) is 5.92 Å². The van der Waals surface area contributed by atoms with E-state index in [1.807, 2.05) is 4.90 Å². The van der Waals surface area contributed by atoms with Crippen LogP contribution in [0.3, 0.4) is 0 Å². The number of ether oxygens (including phenoxy) is 1. The van der Waals surface area contributed by atoms with E-state index in [1.165, 1.54) is 7.11 Å². The van der Waals surface area contributed by atoms with E-state index in [1.54, 1.807) is 0 Å². The fourth-order valence-corrected chi connectivity index (χ4v) is 1.49. The lowest BCUT2D eigenvalue weighted by Crippen LogP contribution is -2.55. The maximum absolute atomic E-state index is 10.7. The van der Waals surface area contributed by atoms with Gasteiger partial charge in [-0.05, 0) is 5.92 Å². The van der Waals surface area contributed by atoms with Crippen molar-refractivity contribution in [3.63, 3.8) is 0 Å². The molecule has 4 heteroatoms. The number of hydrogen-bond acceptors (Lipinski definition) is 3. The van der Waals surface area contributed by atoms with Crippen LogP contribution in [0.4, 0.5) is 0 Å². The van der Waals surface area contributed by atoms with Gasteiger partial charge < -0.3 is 9.84 Å². The van der Waals surface area contributed by atoms with E-state index in [2.05, 4.69) is 6.92 Å². The number of aliphatic carboxylic acids is 1. The molecule has 1 aliphatic rings. The fourth-order valence-electron chi connectivity index (χ4n) is 1.49. The van der Waals surface area contributed by atoms with Crippen LogP contribution in [-0.2, 0) is 9.53 Å². The van der Waals surface area contributed by atoms with Crippen molar-refractivity contribution in [3.05, 3.63) is 0 Å². The molecule has 4 nitrogen and oxygen atoms in total. The second-order valence-electron chi connectivity index (χ2n) is 3.37. The molecule has 1 atom stereocenters. The topological polar surface area (TPSA) is 49.8 Å². The van der Waals surface area contributed by atoms with Gasteiger partial charge in [0.2, 0.25) is 0 Å². The quantitative estimate of drug-likeness (QED) is 0.652. The zero-order valence-corrected chi connectivity index (χ0v) is 7.49. The first-order valence-electron chi connectivity index (χ1n) is 4.11. The Morgan fingerprint density at radius 3 is 2.67 bits per heavy atom. The molecule has 0 spiro atoms. The Hall–Kier alpha value is -0.610. The van der Waals surface area contributed by atoms with Crippen LogP contribution in [0, 0.1) is 5.92 Å². The number of methoxy groups -OCH3 is 1. The van der Waals surface area contributed by atoms with Gasteiger partial charge in [0, 0.05) is 20.2 Å². The summed E-state index contributed by atoms with van der Waals surface area (Å²) in [5.41, 5.74) is 0. The maximum atomic E-state index is 10.7. The summed E-state index contributed by atoms with van der Waals surface area (Å²) in [6.07, 6.45) is 0. The molecule has 0 aliphatic carbocycles. The molecule has 0 amide bonds. The van der Waals surface area contributed by atoms with E-state index in [0.29, 0.717) is 5.92 Å². The number of hydrogen-bond donors (Lipinski definition) is 1. The molecule has 0 aromatic rings. The molecule has 0 aromatic carbocycles. The van der Waals surface area contributed by atoms with Gasteiger partial charge in [-0.15, -0.1) is 0 Å². The summed E-state index contributed by atoms with van der Waals surface area (Å²) in [4.78, 5) is 12.6. The van der Waals surface area contributed by atoms with Gasteiger partial charge >= 0.3 is 5.97 Å². The Labute approximate surface area is 72.1 Å². The van der Waals surface area contributed by atoms with Crippen LogP contribution in [0.2, 0.25) is 0 Å². The number of nitrogens with zero attached hydrogens (tertiary/aromatic N) is 1. The second kappa shape index (κ2) is 3.87. The van der Waals surface area contributed by atoms with Crippen molar-refractivity contribution < 1.29 is 14.6 Å². The SMILES string of the molecule is COCC(C(=O)O)N1CC(C)C1. The normalized spacial score (nSPS) is 21.8. The summed E-state index contributed by atoms with van der Waals surface area (Å²) in [7, 11) is 1.53. The Bertz CT molecular complexity index is 166. The Balaban J connectivity index is 2.38. The van der Waals surface area contributed by atoms with Crippen molar-refractivity contribution in [1.82, 2.24) is 4.90 Å². The molecule has 1 rings (SSSR count). The minimum Gasteiger partial charge on any atom is -0.480 e. The molecular formula is C8H15NO3. The van der Waals surface area contributed by atoms with Crippen LogP contribution >= 0.6 is 0 Å². The number of rotatable bonds is 4. The van der Waals surface area contributed by atoms with Gasteiger partial charge in [0.15, 0.2) is 0 Å². The largest absolute Gasteiger partial charge is 0.480 e. The highest BCUT2D eigenvalue weighted by Gasteiger charge is 2.33. The van der Waals surface area contributed by atoms with Gasteiger partial charge in [-0.3, -0.25) is 9.69 Å². The summed E-state index contributed by atoms with van der Waals surface area (Å²) >= 11 is 0. The van der Waals surface area contributed by atoms with Crippen LogP contribution in [0.25, 0.3) is 0 Å². The molecule has 1 saturated heterocycles. The minimum atomic E-state index is -0.788. The number of likely N-dealkylation sites (tertiary alicyclic amines) is 1. The second-order valence-corrected chi connectivity index (χ2v) is 3.37. The van der Waals surface area contributed by atoms with Gasteiger partial charge in [-0.1, -0.05) is 6.92 Å². The van der Waals surface area contributed by atoms with Gasteiger partial charge in [0.1, 0.15) is 6.04 Å². The third-order valence-electron chi connectivity index (χ3n) is 2.14. The highest BCUT2D eigenvalue weighted by atomic mass is 16.5. The van der Waals surface area contributed by atoms with Crippen molar-refractivity contribution in [1.29, 1.82) is 0 Å². The molecule has 0 radical (unpaired) electrons. The third-order valence-corrected chi connectivity index (χ3v) is 2.14. The van der Waals surface area contributed by atoms with Crippen LogP contribution in [-0.4, -0.2) is 48.8 Å². The first-order valence-corrected chi connectivity index (χ1v) is 4.11.